The first-order chi connectivity index (χ1) is 18.9. The highest BCUT2D eigenvalue weighted by atomic mass is 19.1. The third kappa shape index (κ3) is 4.66. The number of anilines is 2. The van der Waals surface area contributed by atoms with E-state index in [0.29, 0.717) is 49.4 Å². The Morgan fingerprint density at radius 3 is 2.49 bits per heavy atom. The van der Waals surface area contributed by atoms with Gasteiger partial charge >= 0.3 is 0 Å². The third-order valence-electron chi connectivity index (χ3n) is 7.06. The van der Waals surface area contributed by atoms with Crippen LogP contribution in [0.4, 0.5) is 20.4 Å². The molecule has 1 saturated heterocycles. The number of hydrogen-bond acceptors (Lipinski definition) is 7. The van der Waals surface area contributed by atoms with Crippen molar-refractivity contribution < 1.29 is 8.78 Å². The lowest BCUT2D eigenvalue weighted by molar-refractivity contribution is 0.245. The monoisotopic (exact) mass is 525 g/mol. The minimum Gasteiger partial charge on any atom is -0.381 e. The fourth-order valence-electron chi connectivity index (χ4n) is 5.03. The molecule has 6 rings (SSSR count). The second kappa shape index (κ2) is 9.81. The van der Waals surface area contributed by atoms with E-state index in [1.54, 1.807) is 21.6 Å². The fourth-order valence-corrected chi connectivity index (χ4v) is 5.03. The van der Waals surface area contributed by atoms with Gasteiger partial charge in [-0.25, -0.2) is 18.3 Å². The number of nitrogens with two attached hydrogens (primary N) is 1. The van der Waals surface area contributed by atoms with E-state index in [0.717, 1.165) is 34.1 Å². The van der Waals surface area contributed by atoms with Crippen LogP contribution < -0.4 is 10.6 Å². The van der Waals surface area contributed by atoms with Crippen LogP contribution in [0.25, 0.3) is 27.8 Å². The van der Waals surface area contributed by atoms with Crippen LogP contribution in [-0.4, -0.2) is 55.5 Å². The molecule has 0 radical (unpaired) electrons. The summed E-state index contributed by atoms with van der Waals surface area (Å²) in [6, 6.07) is 11.7. The van der Waals surface area contributed by atoms with Crippen LogP contribution in [0, 0.1) is 23.0 Å². The maximum Gasteiger partial charge on any atom is 0.164 e. The van der Waals surface area contributed by atoms with E-state index < -0.39 is 11.6 Å². The first-order valence-corrected chi connectivity index (χ1v) is 12.5. The molecule has 0 spiro atoms. The Labute approximate surface area is 223 Å². The molecule has 5 aromatic rings. The van der Waals surface area contributed by atoms with Crippen LogP contribution >= 0.6 is 0 Å². The number of benzene rings is 1. The number of nitrogen functional groups attached to an aromatic ring is 1. The molecule has 1 aliphatic rings. The number of halogens is 2. The highest BCUT2D eigenvalue weighted by Crippen LogP contribution is 2.34. The first kappa shape index (κ1) is 24.5. The molecule has 1 aliphatic heterocycles. The van der Waals surface area contributed by atoms with Crippen LogP contribution in [0.15, 0.2) is 61.2 Å². The van der Waals surface area contributed by atoms with Crippen molar-refractivity contribution in [3.8, 4) is 28.3 Å². The van der Waals surface area contributed by atoms with Crippen LogP contribution in [-0.2, 0) is 13.6 Å². The van der Waals surface area contributed by atoms with Crippen molar-refractivity contribution >= 4 is 17.2 Å². The van der Waals surface area contributed by atoms with Crippen molar-refractivity contribution in [1.29, 1.82) is 5.26 Å². The molecule has 4 aromatic heterocycles. The second-order valence-corrected chi connectivity index (χ2v) is 9.61. The Morgan fingerprint density at radius 1 is 0.974 bits per heavy atom. The summed E-state index contributed by atoms with van der Waals surface area (Å²) in [4.78, 5) is 9.00. The third-order valence-corrected chi connectivity index (χ3v) is 7.06. The minimum atomic E-state index is -0.432. The number of hydrogen-bond donors (Lipinski definition) is 1. The van der Waals surface area contributed by atoms with Gasteiger partial charge in [-0.1, -0.05) is 0 Å². The molecule has 1 aromatic carbocycles. The van der Waals surface area contributed by atoms with Crippen LogP contribution in [0.5, 0.6) is 0 Å². The van der Waals surface area contributed by atoms with Gasteiger partial charge in [-0.3, -0.25) is 9.58 Å². The molecule has 2 N–H and O–H groups in total. The predicted molar refractivity (Wildman–Crippen MR) is 144 cm³/mol. The summed E-state index contributed by atoms with van der Waals surface area (Å²) in [6.07, 6.45) is 7.31. The summed E-state index contributed by atoms with van der Waals surface area (Å²) in [5.74, 6) is 0.168. The SMILES string of the molecule is Cn1cc(-c2cc(-c3ccc(N4CCN(Cc5cc(F)ccc5F)CC4)nc3)c3c(C#N)c(N)nn3c2)cn1. The van der Waals surface area contributed by atoms with Gasteiger partial charge in [0.25, 0.3) is 0 Å². The first-order valence-electron chi connectivity index (χ1n) is 12.5. The average molecular weight is 526 g/mol. The highest BCUT2D eigenvalue weighted by Gasteiger charge is 2.21. The van der Waals surface area contributed by atoms with Gasteiger partial charge in [0.1, 0.15) is 29.1 Å². The molecule has 0 unspecified atom stereocenters. The van der Waals surface area contributed by atoms with Crippen molar-refractivity contribution in [2.75, 3.05) is 36.8 Å². The Hall–Kier alpha value is -4.82. The van der Waals surface area contributed by atoms with Crippen LogP contribution in [0.3, 0.4) is 0 Å². The fraction of sp³-hybridized carbons (Fsp3) is 0.214. The number of piperazine rings is 1. The molecule has 0 saturated carbocycles. The molecule has 39 heavy (non-hydrogen) atoms. The summed E-state index contributed by atoms with van der Waals surface area (Å²) >= 11 is 0. The van der Waals surface area contributed by atoms with E-state index in [9.17, 15) is 14.0 Å². The van der Waals surface area contributed by atoms with E-state index in [1.165, 1.54) is 12.1 Å². The summed E-state index contributed by atoms with van der Waals surface area (Å²) in [7, 11) is 1.85. The number of rotatable bonds is 5. The Kier molecular flexibility index (Phi) is 6.17. The number of fused-ring (bicyclic) bond motifs is 1. The van der Waals surface area contributed by atoms with E-state index in [4.69, 9.17) is 10.7 Å². The molecule has 5 heterocycles. The maximum atomic E-state index is 14.1. The van der Waals surface area contributed by atoms with Crippen molar-refractivity contribution in [2.24, 2.45) is 7.05 Å². The van der Waals surface area contributed by atoms with Crippen molar-refractivity contribution in [2.45, 2.75) is 6.54 Å². The van der Waals surface area contributed by atoms with Gasteiger partial charge in [-0.05, 0) is 36.4 Å². The number of nitrogens with zero attached hydrogens (tertiary/aromatic N) is 8. The number of pyridine rings is 2. The van der Waals surface area contributed by atoms with Gasteiger partial charge in [0.2, 0.25) is 0 Å². The zero-order chi connectivity index (χ0) is 27.1. The van der Waals surface area contributed by atoms with Crippen molar-refractivity contribution in [1.82, 2.24) is 29.3 Å². The standard InChI is InChI=1S/C28H25F2N9/c1-36-15-21(14-34-36)19-11-23(27-24(12-31)28(32)35-39(27)17-19)18-2-5-26(33-13-18)38-8-6-37(7-9-38)16-20-10-22(29)3-4-25(20)30/h2-5,10-11,13-15,17H,6-9,16H2,1H3,(H2,32,35). The largest absolute Gasteiger partial charge is 0.381 e. The lowest BCUT2D eigenvalue weighted by Gasteiger charge is -2.35. The summed E-state index contributed by atoms with van der Waals surface area (Å²) < 4.78 is 31.0. The molecular formula is C28H25F2N9. The van der Waals surface area contributed by atoms with E-state index in [1.807, 2.05) is 37.6 Å². The topological polar surface area (TPSA) is 104 Å². The van der Waals surface area contributed by atoms with Gasteiger partial charge in [-0.2, -0.15) is 10.4 Å². The van der Waals surface area contributed by atoms with Gasteiger partial charge in [0.05, 0.1) is 11.7 Å². The van der Waals surface area contributed by atoms with Gasteiger partial charge in [0, 0.05) is 86.2 Å². The van der Waals surface area contributed by atoms with Crippen LogP contribution in [0.2, 0.25) is 0 Å². The molecule has 0 amide bonds. The predicted octanol–water partition coefficient (Wildman–Crippen LogP) is 3.85. The highest BCUT2D eigenvalue weighted by molar-refractivity contribution is 5.90. The molecule has 1 fully saturated rings. The second-order valence-electron chi connectivity index (χ2n) is 9.61. The van der Waals surface area contributed by atoms with Gasteiger partial charge < -0.3 is 10.6 Å². The number of aromatic nitrogens is 5. The smallest absolute Gasteiger partial charge is 0.164 e. The molecular weight excluding hydrogens is 500 g/mol. The van der Waals surface area contributed by atoms with Crippen molar-refractivity contribution in [3.63, 3.8) is 0 Å². The minimum absolute atomic E-state index is 0.169. The molecule has 0 bridgehead atoms. The zero-order valence-electron chi connectivity index (χ0n) is 21.2. The molecule has 0 aliphatic carbocycles. The summed E-state index contributed by atoms with van der Waals surface area (Å²) in [5, 5.41) is 18.4. The Bertz CT molecular complexity index is 1710. The normalized spacial score (nSPS) is 14.2. The lowest BCUT2D eigenvalue weighted by atomic mass is 10.0. The quantitative estimate of drug-likeness (QED) is 0.372. The van der Waals surface area contributed by atoms with E-state index >= 15 is 0 Å². The van der Waals surface area contributed by atoms with E-state index in [-0.39, 0.29) is 5.82 Å². The number of aryl methyl sites for hydroxylation is 1. The molecule has 9 nitrogen and oxygen atoms in total. The molecule has 11 heteroatoms. The van der Waals surface area contributed by atoms with Gasteiger partial charge in [0.15, 0.2) is 5.82 Å². The number of nitriles is 1. The zero-order valence-corrected chi connectivity index (χ0v) is 21.2. The molecule has 196 valence electrons. The van der Waals surface area contributed by atoms with Crippen molar-refractivity contribution in [3.05, 3.63) is 83.9 Å². The Morgan fingerprint density at radius 2 is 1.79 bits per heavy atom. The maximum absolute atomic E-state index is 14.1. The molecule has 0 atom stereocenters. The summed E-state index contributed by atoms with van der Waals surface area (Å²) in [6.45, 7) is 3.19. The lowest BCUT2D eigenvalue weighted by Crippen LogP contribution is -2.46. The Balaban J connectivity index is 1.25. The van der Waals surface area contributed by atoms with E-state index in [2.05, 4.69) is 26.1 Å². The van der Waals surface area contributed by atoms with Crippen LogP contribution in [0.1, 0.15) is 11.1 Å². The average Bonchev–Trinajstić information content (AvgIpc) is 3.52. The van der Waals surface area contributed by atoms with Gasteiger partial charge in [-0.15, -0.1) is 5.10 Å². The summed E-state index contributed by atoms with van der Waals surface area (Å²) in [5.41, 5.74) is 10.8.